The molecule has 3 aromatic heterocycles. The summed E-state index contributed by atoms with van der Waals surface area (Å²) in [6.45, 7) is 2.37. The monoisotopic (exact) mass is 820 g/mol. The highest BCUT2D eigenvalue weighted by Crippen LogP contribution is 2.46. The van der Waals surface area contributed by atoms with Crippen LogP contribution in [0.5, 0.6) is 0 Å². The fourth-order valence-electron chi connectivity index (χ4n) is 11.2. The number of fused-ring (bicyclic) bond motifs is 7. The Morgan fingerprint density at radius 3 is 2.32 bits per heavy atom. The molecule has 310 valence electrons. The first-order valence-electron chi connectivity index (χ1n) is 23.3. The smallest absolute Gasteiger partial charge is 0.163 e. The fraction of sp³-hybridized carbons (Fsp3) is 0.259. The van der Waals surface area contributed by atoms with Gasteiger partial charge in [0.1, 0.15) is 17.0 Å². The summed E-state index contributed by atoms with van der Waals surface area (Å²) in [6.07, 6.45) is 43.5. The van der Waals surface area contributed by atoms with Crippen molar-refractivity contribution < 1.29 is 4.42 Å². The van der Waals surface area contributed by atoms with Crippen LogP contribution >= 0.6 is 0 Å². The van der Waals surface area contributed by atoms with Gasteiger partial charge in [0.25, 0.3) is 0 Å². The van der Waals surface area contributed by atoms with Crippen molar-refractivity contribution >= 4 is 50.6 Å². The quantitative estimate of drug-likeness (QED) is 0.151. The minimum absolute atomic E-state index is 0.0761. The van der Waals surface area contributed by atoms with Crippen LogP contribution in [0.4, 0.5) is 0 Å². The third kappa shape index (κ3) is 6.72. The van der Waals surface area contributed by atoms with Crippen LogP contribution in [0.1, 0.15) is 94.7 Å². The van der Waals surface area contributed by atoms with Crippen LogP contribution in [0, 0.1) is 11.8 Å². The second kappa shape index (κ2) is 16.0. The van der Waals surface area contributed by atoms with Crippen LogP contribution in [0.3, 0.4) is 0 Å². The van der Waals surface area contributed by atoms with E-state index in [0.717, 1.165) is 109 Å². The molecule has 0 saturated carbocycles. The highest BCUT2D eigenvalue weighted by molar-refractivity contribution is 6.18. The van der Waals surface area contributed by atoms with Gasteiger partial charge in [-0.05, 0) is 117 Å². The Labute approximate surface area is 369 Å². The molecular formula is C58H52N4O. The van der Waals surface area contributed by atoms with Gasteiger partial charge < -0.3 is 8.98 Å². The van der Waals surface area contributed by atoms with Crippen LogP contribution in [0.15, 0.2) is 172 Å². The topological polar surface area (TPSA) is 56.7 Å². The summed E-state index contributed by atoms with van der Waals surface area (Å²) in [4.78, 5) is 16.4. The summed E-state index contributed by atoms with van der Waals surface area (Å²) in [5, 5.41) is 6.20. The number of aromatic nitrogens is 4. The van der Waals surface area contributed by atoms with Gasteiger partial charge in [-0.3, -0.25) is 0 Å². The van der Waals surface area contributed by atoms with Crippen LogP contribution in [0.2, 0.25) is 0 Å². The molecule has 0 radical (unpaired) electrons. The lowest BCUT2D eigenvalue weighted by Gasteiger charge is -2.33. The molecule has 3 heterocycles. The predicted octanol–water partition coefficient (Wildman–Crippen LogP) is 13.2. The zero-order chi connectivity index (χ0) is 41.9. The molecule has 0 amide bonds. The number of allylic oxidation sites excluding steroid dienone is 18. The number of furan rings is 1. The van der Waals surface area contributed by atoms with Crippen molar-refractivity contribution in [2.24, 2.45) is 11.8 Å². The van der Waals surface area contributed by atoms with E-state index in [-0.39, 0.29) is 12.0 Å². The van der Waals surface area contributed by atoms with E-state index in [1.165, 1.54) is 54.7 Å². The number of hydrogen-bond donors (Lipinski definition) is 0. The maximum absolute atomic E-state index is 6.60. The molecule has 0 saturated heterocycles. The number of rotatable bonds is 7. The fourth-order valence-corrected chi connectivity index (χ4v) is 11.2. The molecule has 12 rings (SSSR count). The molecule has 0 spiro atoms. The average Bonchev–Trinajstić information content (AvgIpc) is 3.90. The van der Waals surface area contributed by atoms with E-state index >= 15 is 0 Å². The summed E-state index contributed by atoms with van der Waals surface area (Å²) in [5.41, 5.74) is 12.2. The Morgan fingerprint density at radius 2 is 1.44 bits per heavy atom. The predicted molar refractivity (Wildman–Crippen MR) is 259 cm³/mol. The van der Waals surface area contributed by atoms with E-state index in [1.807, 2.05) is 0 Å². The first-order chi connectivity index (χ1) is 31.2. The zero-order valence-corrected chi connectivity index (χ0v) is 36.0. The lowest BCUT2D eigenvalue weighted by Crippen LogP contribution is -2.34. The van der Waals surface area contributed by atoms with Crippen molar-refractivity contribution in [2.75, 3.05) is 0 Å². The van der Waals surface area contributed by atoms with Crippen molar-refractivity contribution in [1.82, 2.24) is 19.5 Å². The summed E-state index contributed by atoms with van der Waals surface area (Å²) in [5.74, 6) is 3.44. The van der Waals surface area contributed by atoms with Crippen molar-refractivity contribution in [2.45, 2.75) is 83.1 Å². The Bertz CT molecular complexity index is 3260. The number of para-hydroxylation sites is 1. The Kier molecular flexibility index (Phi) is 9.65. The van der Waals surface area contributed by atoms with Gasteiger partial charge in [-0.25, -0.2) is 15.0 Å². The second-order valence-corrected chi connectivity index (χ2v) is 18.2. The lowest BCUT2D eigenvalue weighted by atomic mass is 9.73. The van der Waals surface area contributed by atoms with Crippen molar-refractivity contribution in [3.05, 3.63) is 190 Å². The van der Waals surface area contributed by atoms with E-state index in [2.05, 4.69) is 163 Å². The SMILES string of the molecule is CC1CC=CC=C1C1=CCC(C2=CC=CCC2)C(C2=CCC(n3c4c(c5ccc6oc7ccccc7c6c53)=CCCC=4)C(c3nc(-c4ccccc4)nc(C4CC=CCC4)n3)=C2)=C1. The molecule has 6 aliphatic rings. The molecule has 5 heteroatoms. The molecule has 0 bridgehead atoms. The van der Waals surface area contributed by atoms with Crippen molar-refractivity contribution in [3.63, 3.8) is 0 Å². The standard InChI is InChI=1S/C58H52N4O/c1-37-17-11-12-24-43(37)41-29-31-44(38-18-5-2-6-19-38)48(35-41)42-30-33-51(49(36-42)58-60-56(39-20-7-3-8-21-39)59-57(61-58)40-22-9-4-10-23-40)62-50-27-15-13-25-45(50)46-32-34-53-54(55(46)62)47-26-14-16-28-52(47)63-53/h2-5,7-9,11-12,14,16,18,20-21,24-30,32,34-37,40,44,51H,6,10,13,15,17,19,22-23,31,33H2,1H3. The molecule has 63 heavy (non-hydrogen) atoms. The van der Waals surface area contributed by atoms with E-state index in [1.54, 1.807) is 0 Å². The molecule has 0 N–H and O–H groups in total. The van der Waals surface area contributed by atoms with Gasteiger partial charge in [0.2, 0.25) is 0 Å². The van der Waals surface area contributed by atoms with Crippen LogP contribution in [-0.4, -0.2) is 19.5 Å². The van der Waals surface area contributed by atoms with E-state index < -0.39 is 0 Å². The first-order valence-corrected chi connectivity index (χ1v) is 23.3. The van der Waals surface area contributed by atoms with Gasteiger partial charge in [0.05, 0.1) is 16.9 Å². The molecule has 3 aromatic carbocycles. The molecule has 6 aromatic rings. The average molecular weight is 821 g/mol. The van der Waals surface area contributed by atoms with Gasteiger partial charge >= 0.3 is 0 Å². The maximum Gasteiger partial charge on any atom is 0.163 e. The highest BCUT2D eigenvalue weighted by atomic mass is 16.3. The lowest BCUT2D eigenvalue weighted by molar-refractivity contribution is 0.574. The maximum atomic E-state index is 6.60. The normalized spacial score (nSPS) is 23.3. The third-order valence-corrected chi connectivity index (χ3v) is 14.4. The summed E-state index contributed by atoms with van der Waals surface area (Å²) < 4.78 is 9.24. The van der Waals surface area contributed by atoms with E-state index in [9.17, 15) is 0 Å². The van der Waals surface area contributed by atoms with Crippen LogP contribution in [0.25, 0.3) is 62.0 Å². The first kappa shape index (κ1) is 38.1. The summed E-state index contributed by atoms with van der Waals surface area (Å²) in [6, 6.07) is 23.4. The largest absolute Gasteiger partial charge is 0.456 e. The van der Waals surface area contributed by atoms with Gasteiger partial charge in [-0.2, -0.15) is 0 Å². The molecule has 0 fully saturated rings. The molecule has 0 aliphatic heterocycles. The third-order valence-electron chi connectivity index (χ3n) is 14.4. The van der Waals surface area contributed by atoms with Crippen molar-refractivity contribution in [1.29, 1.82) is 0 Å². The Hall–Kier alpha value is -6.59. The highest BCUT2D eigenvalue weighted by Gasteiger charge is 2.33. The van der Waals surface area contributed by atoms with Gasteiger partial charge in [-0.15, -0.1) is 0 Å². The molecule has 4 atom stereocenters. The molecule has 5 nitrogen and oxygen atoms in total. The number of nitrogens with zero attached hydrogens (tertiary/aromatic N) is 4. The minimum atomic E-state index is -0.0761. The second-order valence-electron chi connectivity index (χ2n) is 18.2. The Morgan fingerprint density at radius 1 is 0.619 bits per heavy atom. The molecular weight excluding hydrogens is 769 g/mol. The van der Waals surface area contributed by atoms with Gasteiger partial charge in [0.15, 0.2) is 11.6 Å². The number of benzene rings is 3. The van der Waals surface area contributed by atoms with E-state index in [4.69, 9.17) is 19.4 Å². The van der Waals surface area contributed by atoms with Crippen LogP contribution < -0.4 is 10.6 Å². The van der Waals surface area contributed by atoms with E-state index in [0.29, 0.717) is 11.8 Å². The Balaban J connectivity index is 1.12. The summed E-state index contributed by atoms with van der Waals surface area (Å²) in [7, 11) is 0. The zero-order valence-electron chi connectivity index (χ0n) is 36.0. The molecule has 4 unspecified atom stereocenters. The van der Waals surface area contributed by atoms with Crippen molar-refractivity contribution in [3.8, 4) is 11.4 Å². The van der Waals surface area contributed by atoms with Crippen LogP contribution in [-0.2, 0) is 0 Å². The minimum Gasteiger partial charge on any atom is -0.456 e. The van der Waals surface area contributed by atoms with Gasteiger partial charge in [0, 0.05) is 44.3 Å². The number of hydrogen-bond acceptors (Lipinski definition) is 4. The summed E-state index contributed by atoms with van der Waals surface area (Å²) >= 11 is 0. The van der Waals surface area contributed by atoms with Gasteiger partial charge in [-0.1, -0.05) is 140 Å². The molecule has 6 aliphatic carbocycles.